The van der Waals surface area contributed by atoms with Crippen LogP contribution in [0.15, 0.2) is 38.6 Å². The molecule has 3 aromatic rings. The summed E-state index contributed by atoms with van der Waals surface area (Å²) in [6.45, 7) is 3.54. The van der Waals surface area contributed by atoms with Gasteiger partial charge in [0.25, 0.3) is 5.56 Å². The number of fused-ring (bicyclic) bond motifs is 1. The fraction of sp³-hybridized carbons (Fsp3) is 0.294. The van der Waals surface area contributed by atoms with Crippen LogP contribution >= 0.6 is 15.9 Å². The molecular formula is C17H17BrN4O3. The van der Waals surface area contributed by atoms with Gasteiger partial charge in [-0.2, -0.15) is 0 Å². The number of benzene rings is 1. The molecule has 0 fully saturated rings. The van der Waals surface area contributed by atoms with E-state index in [0.717, 1.165) is 11.1 Å². The van der Waals surface area contributed by atoms with Crippen molar-refractivity contribution in [2.45, 2.75) is 26.9 Å². The van der Waals surface area contributed by atoms with E-state index in [1.165, 1.54) is 20.6 Å². The first-order valence-electron chi connectivity index (χ1n) is 7.70. The second-order valence-corrected chi connectivity index (χ2v) is 6.71. The molecule has 3 rings (SSSR count). The maximum atomic E-state index is 13.0. The molecule has 0 radical (unpaired) electrons. The Kier molecular flexibility index (Phi) is 4.47. The molecule has 8 heteroatoms. The number of carbonyl (C=O) groups is 1. The molecule has 0 aliphatic carbocycles. The highest BCUT2D eigenvalue weighted by molar-refractivity contribution is 9.10. The number of halogens is 1. The fourth-order valence-electron chi connectivity index (χ4n) is 2.81. The van der Waals surface area contributed by atoms with Crippen LogP contribution in [0.4, 0.5) is 0 Å². The number of nitrogens with zero attached hydrogens (tertiary/aromatic N) is 4. The maximum Gasteiger partial charge on any atom is 0.332 e. The Labute approximate surface area is 151 Å². The highest BCUT2D eigenvalue weighted by Crippen LogP contribution is 2.16. The highest BCUT2D eigenvalue weighted by Gasteiger charge is 2.20. The molecule has 0 unspecified atom stereocenters. The third-order valence-corrected chi connectivity index (χ3v) is 4.76. The van der Waals surface area contributed by atoms with Crippen LogP contribution in [0.25, 0.3) is 11.2 Å². The third-order valence-electron chi connectivity index (χ3n) is 4.16. The number of Topliss-reactive ketones (excluding diaryl/α,β-unsaturated/α-hetero) is 1. The number of carbonyl (C=O) groups excluding carboxylic acids is 1. The van der Waals surface area contributed by atoms with E-state index < -0.39 is 11.2 Å². The Morgan fingerprint density at radius 1 is 1.20 bits per heavy atom. The fourth-order valence-corrected chi connectivity index (χ4v) is 3.28. The van der Waals surface area contributed by atoms with Gasteiger partial charge in [0.1, 0.15) is 5.78 Å². The largest absolute Gasteiger partial charge is 0.332 e. The quantitative estimate of drug-likeness (QED) is 0.618. The van der Waals surface area contributed by atoms with Crippen molar-refractivity contribution in [2.75, 3.05) is 0 Å². The summed E-state index contributed by atoms with van der Waals surface area (Å²) in [6, 6.07) is 7.59. The molecule has 0 saturated heterocycles. The van der Waals surface area contributed by atoms with Gasteiger partial charge in [0.05, 0.1) is 13.1 Å². The van der Waals surface area contributed by atoms with Crippen molar-refractivity contribution < 1.29 is 4.79 Å². The Morgan fingerprint density at radius 2 is 1.88 bits per heavy atom. The van der Waals surface area contributed by atoms with Crippen LogP contribution in [-0.2, 0) is 24.9 Å². The number of aryl methyl sites for hydroxylation is 2. The molecule has 2 heterocycles. The van der Waals surface area contributed by atoms with Gasteiger partial charge in [-0.1, -0.05) is 24.3 Å². The number of imidazole rings is 1. The molecule has 0 spiro atoms. The standard InChI is InChI=1S/C17H17BrN4O3/c1-10-6-4-5-7-12(10)9-22-15(24)13-14(20(3)17(22)25)19-16(18)21(13)8-11(2)23/h4-7H,8-9H2,1-3H3. The van der Waals surface area contributed by atoms with Gasteiger partial charge in [0, 0.05) is 7.05 Å². The molecule has 0 bridgehead atoms. The van der Waals surface area contributed by atoms with Gasteiger partial charge in [0.15, 0.2) is 15.9 Å². The van der Waals surface area contributed by atoms with Crippen molar-refractivity contribution in [1.29, 1.82) is 0 Å². The lowest BCUT2D eigenvalue weighted by atomic mass is 10.1. The van der Waals surface area contributed by atoms with Crippen LogP contribution < -0.4 is 11.2 Å². The molecule has 130 valence electrons. The zero-order valence-corrected chi connectivity index (χ0v) is 15.7. The number of rotatable bonds is 4. The topological polar surface area (TPSA) is 78.9 Å². The first kappa shape index (κ1) is 17.3. The Hall–Kier alpha value is -2.48. The van der Waals surface area contributed by atoms with Gasteiger partial charge in [-0.15, -0.1) is 0 Å². The summed E-state index contributed by atoms with van der Waals surface area (Å²) >= 11 is 3.27. The second kappa shape index (κ2) is 6.44. The molecule has 25 heavy (non-hydrogen) atoms. The summed E-state index contributed by atoms with van der Waals surface area (Å²) < 4.78 is 4.35. The highest BCUT2D eigenvalue weighted by atomic mass is 79.9. The van der Waals surface area contributed by atoms with E-state index in [4.69, 9.17) is 0 Å². The minimum atomic E-state index is -0.458. The molecular weight excluding hydrogens is 388 g/mol. The molecule has 0 aliphatic heterocycles. The van der Waals surface area contributed by atoms with Crippen LogP contribution in [0.1, 0.15) is 18.1 Å². The van der Waals surface area contributed by atoms with Gasteiger partial charge in [-0.05, 0) is 40.9 Å². The SMILES string of the molecule is CC(=O)Cn1c(Br)nc2c1c(=O)n(Cc1ccccc1C)c(=O)n2C. The molecule has 2 aromatic heterocycles. The average Bonchev–Trinajstić information content (AvgIpc) is 2.87. The maximum absolute atomic E-state index is 13.0. The van der Waals surface area contributed by atoms with Gasteiger partial charge in [-0.3, -0.25) is 18.7 Å². The lowest BCUT2D eigenvalue weighted by Gasteiger charge is -2.11. The number of hydrogen-bond donors (Lipinski definition) is 0. The van der Waals surface area contributed by atoms with Crippen LogP contribution in [0, 0.1) is 6.92 Å². The number of ketones is 1. The predicted molar refractivity (Wildman–Crippen MR) is 97.9 cm³/mol. The van der Waals surface area contributed by atoms with Gasteiger partial charge < -0.3 is 4.57 Å². The minimum absolute atomic E-state index is 0.00882. The summed E-state index contributed by atoms with van der Waals surface area (Å²) in [5, 5.41) is 0. The lowest BCUT2D eigenvalue weighted by molar-refractivity contribution is -0.117. The minimum Gasteiger partial charge on any atom is -0.305 e. The van der Waals surface area contributed by atoms with Crippen molar-refractivity contribution >= 4 is 32.9 Å². The van der Waals surface area contributed by atoms with E-state index >= 15 is 0 Å². The van der Waals surface area contributed by atoms with Crippen molar-refractivity contribution in [1.82, 2.24) is 18.7 Å². The van der Waals surface area contributed by atoms with Crippen molar-refractivity contribution in [3.05, 3.63) is 61.0 Å². The summed E-state index contributed by atoms with van der Waals surface area (Å²) in [6.07, 6.45) is 0. The summed E-state index contributed by atoms with van der Waals surface area (Å²) in [5.41, 5.74) is 1.47. The Balaban J connectivity index is 2.30. The van der Waals surface area contributed by atoms with Gasteiger partial charge >= 0.3 is 5.69 Å². The molecule has 0 N–H and O–H groups in total. The van der Waals surface area contributed by atoms with Crippen molar-refractivity contribution in [2.24, 2.45) is 7.05 Å². The van der Waals surface area contributed by atoms with Crippen LogP contribution in [0.5, 0.6) is 0 Å². The van der Waals surface area contributed by atoms with Crippen molar-refractivity contribution in [3.63, 3.8) is 0 Å². The zero-order valence-electron chi connectivity index (χ0n) is 14.1. The lowest BCUT2D eigenvalue weighted by Crippen LogP contribution is -2.40. The molecule has 0 saturated carbocycles. The average molecular weight is 405 g/mol. The summed E-state index contributed by atoms with van der Waals surface area (Å²) in [5.74, 6) is -0.112. The van der Waals surface area contributed by atoms with E-state index in [1.807, 2.05) is 31.2 Å². The predicted octanol–water partition coefficient (Wildman–Crippen LogP) is 1.60. The molecule has 0 aliphatic rings. The first-order valence-corrected chi connectivity index (χ1v) is 8.50. The Bertz CT molecular complexity index is 1110. The van der Waals surface area contributed by atoms with E-state index in [1.54, 1.807) is 7.05 Å². The third kappa shape index (κ3) is 2.97. The van der Waals surface area contributed by atoms with Gasteiger partial charge in [0.2, 0.25) is 0 Å². The van der Waals surface area contributed by atoms with E-state index in [9.17, 15) is 14.4 Å². The van der Waals surface area contributed by atoms with E-state index in [2.05, 4.69) is 20.9 Å². The second-order valence-electron chi connectivity index (χ2n) is 6.00. The zero-order chi connectivity index (χ0) is 18.3. The van der Waals surface area contributed by atoms with Gasteiger partial charge in [-0.25, -0.2) is 9.78 Å². The molecule has 1 aromatic carbocycles. The summed E-state index contributed by atoms with van der Waals surface area (Å²) in [7, 11) is 1.57. The van der Waals surface area contributed by atoms with Crippen LogP contribution in [0.2, 0.25) is 0 Å². The number of aromatic nitrogens is 4. The molecule has 7 nitrogen and oxygen atoms in total. The monoisotopic (exact) mass is 404 g/mol. The number of hydrogen-bond acceptors (Lipinski definition) is 4. The van der Waals surface area contributed by atoms with Crippen LogP contribution in [0.3, 0.4) is 0 Å². The Morgan fingerprint density at radius 3 is 2.52 bits per heavy atom. The van der Waals surface area contributed by atoms with E-state index in [0.29, 0.717) is 4.73 Å². The first-order chi connectivity index (χ1) is 11.8. The van der Waals surface area contributed by atoms with Crippen LogP contribution in [-0.4, -0.2) is 24.5 Å². The normalized spacial score (nSPS) is 11.2. The smallest absolute Gasteiger partial charge is 0.305 e. The molecule has 0 atom stereocenters. The molecule has 0 amide bonds. The van der Waals surface area contributed by atoms with E-state index in [-0.39, 0.29) is 30.0 Å². The van der Waals surface area contributed by atoms with Crippen molar-refractivity contribution in [3.8, 4) is 0 Å². The summed E-state index contributed by atoms with van der Waals surface area (Å²) in [4.78, 5) is 41.4.